The standard InChI is InChI=1S/C19H15N3OS/c1-2-12-8-9-15-16(11-12)24-19(21-15)22-18(23)14-7-3-5-13-6-4-10-20-17(13)14/h3-11H,2H2,1H3,(H,21,22,23). The molecule has 4 rings (SSSR count). The van der Waals surface area contributed by atoms with E-state index < -0.39 is 0 Å². The predicted molar refractivity (Wildman–Crippen MR) is 98.7 cm³/mol. The van der Waals surface area contributed by atoms with Crippen LogP contribution in [0.15, 0.2) is 54.7 Å². The summed E-state index contributed by atoms with van der Waals surface area (Å²) in [5.74, 6) is -0.186. The first-order chi connectivity index (χ1) is 11.7. The van der Waals surface area contributed by atoms with Gasteiger partial charge in [-0.2, -0.15) is 0 Å². The highest BCUT2D eigenvalue weighted by Crippen LogP contribution is 2.28. The lowest BCUT2D eigenvalue weighted by Gasteiger charge is -2.04. The summed E-state index contributed by atoms with van der Waals surface area (Å²) in [5, 5.41) is 4.46. The number of nitrogens with one attached hydrogen (secondary N) is 1. The van der Waals surface area contributed by atoms with Crippen molar-refractivity contribution in [3.8, 4) is 0 Å². The SMILES string of the molecule is CCc1ccc2nc(NC(=O)c3cccc4cccnc34)sc2c1. The molecule has 0 radical (unpaired) electrons. The number of nitrogens with zero attached hydrogens (tertiary/aromatic N) is 2. The van der Waals surface area contributed by atoms with Crippen molar-refractivity contribution >= 4 is 43.5 Å². The Kier molecular flexibility index (Phi) is 3.70. The topological polar surface area (TPSA) is 54.9 Å². The number of para-hydroxylation sites is 1. The quantitative estimate of drug-likeness (QED) is 0.593. The largest absolute Gasteiger partial charge is 0.298 e. The molecule has 0 unspecified atom stereocenters. The molecule has 0 saturated carbocycles. The Balaban J connectivity index is 1.68. The summed E-state index contributed by atoms with van der Waals surface area (Å²) < 4.78 is 1.08. The van der Waals surface area contributed by atoms with Crippen LogP contribution in [0.1, 0.15) is 22.8 Å². The van der Waals surface area contributed by atoms with Crippen molar-refractivity contribution in [2.24, 2.45) is 0 Å². The second-order valence-electron chi connectivity index (χ2n) is 5.51. The molecular weight excluding hydrogens is 318 g/mol. The molecule has 0 fully saturated rings. The average molecular weight is 333 g/mol. The van der Waals surface area contributed by atoms with Crippen molar-refractivity contribution in [3.63, 3.8) is 0 Å². The first-order valence-electron chi connectivity index (χ1n) is 7.79. The van der Waals surface area contributed by atoms with Gasteiger partial charge in [0.1, 0.15) is 0 Å². The number of rotatable bonds is 3. The van der Waals surface area contributed by atoms with Crippen LogP contribution < -0.4 is 5.32 Å². The molecule has 0 aliphatic carbocycles. The first kappa shape index (κ1) is 14.8. The van der Waals surface area contributed by atoms with Crippen LogP contribution >= 0.6 is 11.3 Å². The van der Waals surface area contributed by atoms with Gasteiger partial charge in [0.25, 0.3) is 5.91 Å². The molecule has 0 spiro atoms. The van der Waals surface area contributed by atoms with E-state index in [1.165, 1.54) is 16.9 Å². The van der Waals surface area contributed by atoms with Crippen molar-refractivity contribution in [3.05, 3.63) is 65.9 Å². The van der Waals surface area contributed by atoms with Crippen LogP contribution in [0.2, 0.25) is 0 Å². The Morgan fingerprint density at radius 2 is 2.04 bits per heavy atom. The minimum atomic E-state index is -0.186. The van der Waals surface area contributed by atoms with Crippen LogP contribution in [0.25, 0.3) is 21.1 Å². The van der Waals surface area contributed by atoms with Gasteiger partial charge in [0.2, 0.25) is 0 Å². The van der Waals surface area contributed by atoms with E-state index >= 15 is 0 Å². The molecule has 5 heteroatoms. The molecule has 24 heavy (non-hydrogen) atoms. The number of aryl methyl sites for hydroxylation is 1. The summed E-state index contributed by atoms with van der Waals surface area (Å²) in [4.78, 5) is 21.5. The van der Waals surface area contributed by atoms with E-state index in [1.54, 1.807) is 12.3 Å². The second-order valence-corrected chi connectivity index (χ2v) is 6.54. The van der Waals surface area contributed by atoms with E-state index in [0.29, 0.717) is 16.2 Å². The van der Waals surface area contributed by atoms with Gasteiger partial charge in [-0.1, -0.05) is 42.5 Å². The summed E-state index contributed by atoms with van der Waals surface area (Å²) in [7, 11) is 0. The Morgan fingerprint density at radius 3 is 2.92 bits per heavy atom. The van der Waals surface area contributed by atoms with Crippen molar-refractivity contribution in [2.45, 2.75) is 13.3 Å². The van der Waals surface area contributed by atoms with Crippen LogP contribution in [-0.4, -0.2) is 15.9 Å². The van der Waals surface area contributed by atoms with Gasteiger partial charge in [-0.05, 0) is 36.2 Å². The number of carbonyl (C=O) groups is 1. The van der Waals surface area contributed by atoms with Gasteiger partial charge in [-0.25, -0.2) is 4.98 Å². The van der Waals surface area contributed by atoms with Crippen molar-refractivity contribution < 1.29 is 4.79 Å². The monoisotopic (exact) mass is 333 g/mol. The van der Waals surface area contributed by atoms with Crippen LogP contribution in [0.4, 0.5) is 5.13 Å². The molecule has 118 valence electrons. The molecule has 2 heterocycles. The normalized spacial score (nSPS) is 11.0. The fourth-order valence-corrected chi connectivity index (χ4v) is 3.62. The number of anilines is 1. The Labute approximate surface area is 143 Å². The van der Waals surface area contributed by atoms with Gasteiger partial charge in [0, 0.05) is 11.6 Å². The lowest BCUT2D eigenvalue weighted by atomic mass is 10.1. The number of benzene rings is 2. The van der Waals surface area contributed by atoms with Gasteiger partial charge in [-0.15, -0.1) is 0 Å². The third kappa shape index (κ3) is 2.63. The number of pyridine rings is 1. The number of thiazole rings is 1. The number of hydrogen-bond acceptors (Lipinski definition) is 4. The maximum Gasteiger partial charge on any atom is 0.259 e. The zero-order valence-electron chi connectivity index (χ0n) is 13.1. The van der Waals surface area contributed by atoms with E-state index in [4.69, 9.17) is 0 Å². The summed E-state index contributed by atoms with van der Waals surface area (Å²) in [6.45, 7) is 2.12. The molecule has 0 aliphatic heterocycles. The number of fused-ring (bicyclic) bond motifs is 2. The molecule has 1 amide bonds. The summed E-state index contributed by atoms with van der Waals surface area (Å²) in [6, 6.07) is 15.6. The van der Waals surface area contributed by atoms with Crippen LogP contribution in [0.5, 0.6) is 0 Å². The Bertz CT molecular complexity index is 1050. The Morgan fingerprint density at radius 1 is 1.17 bits per heavy atom. The molecule has 2 aromatic carbocycles. The lowest BCUT2D eigenvalue weighted by Crippen LogP contribution is -2.12. The van der Waals surface area contributed by atoms with Crippen molar-refractivity contribution in [1.82, 2.24) is 9.97 Å². The molecule has 4 nitrogen and oxygen atoms in total. The highest BCUT2D eigenvalue weighted by atomic mass is 32.1. The highest BCUT2D eigenvalue weighted by Gasteiger charge is 2.13. The van der Waals surface area contributed by atoms with Gasteiger partial charge >= 0.3 is 0 Å². The van der Waals surface area contributed by atoms with E-state index in [1.807, 2.05) is 30.3 Å². The molecule has 0 aliphatic rings. The molecule has 0 atom stereocenters. The lowest BCUT2D eigenvalue weighted by molar-refractivity contribution is 0.102. The summed E-state index contributed by atoms with van der Waals surface area (Å²) in [6.07, 6.45) is 2.68. The van der Waals surface area contributed by atoms with Crippen molar-refractivity contribution in [1.29, 1.82) is 0 Å². The summed E-state index contributed by atoms with van der Waals surface area (Å²) in [5.41, 5.74) is 3.43. The number of carbonyl (C=O) groups excluding carboxylic acids is 1. The number of aromatic nitrogens is 2. The van der Waals surface area contributed by atoms with Crippen LogP contribution in [0.3, 0.4) is 0 Å². The molecule has 0 bridgehead atoms. The van der Waals surface area contributed by atoms with Gasteiger partial charge in [-0.3, -0.25) is 15.1 Å². The third-order valence-corrected chi connectivity index (χ3v) is 4.89. The minimum Gasteiger partial charge on any atom is -0.298 e. The van der Waals surface area contributed by atoms with Crippen LogP contribution in [0, 0.1) is 0 Å². The molecular formula is C19H15N3OS. The van der Waals surface area contributed by atoms with Gasteiger partial charge in [0.15, 0.2) is 5.13 Å². The summed E-state index contributed by atoms with van der Waals surface area (Å²) >= 11 is 1.49. The maximum atomic E-state index is 12.6. The molecule has 0 saturated heterocycles. The predicted octanol–water partition coefficient (Wildman–Crippen LogP) is 4.66. The Hall–Kier alpha value is -2.79. The average Bonchev–Trinajstić information content (AvgIpc) is 3.02. The van der Waals surface area contributed by atoms with E-state index in [0.717, 1.165) is 22.0 Å². The minimum absolute atomic E-state index is 0.186. The first-order valence-corrected chi connectivity index (χ1v) is 8.61. The number of hydrogen-bond donors (Lipinski definition) is 1. The molecule has 2 aromatic heterocycles. The zero-order valence-corrected chi connectivity index (χ0v) is 13.9. The van der Waals surface area contributed by atoms with E-state index in [-0.39, 0.29) is 5.91 Å². The smallest absolute Gasteiger partial charge is 0.259 e. The fourth-order valence-electron chi connectivity index (χ4n) is 2.69. The van der Waals surface area contributed by atoms with E-state index in [9.17, 15) is 4.79 Å². The van der Waals surface area contributed by atoms with Crippen LogP contribution in [-0.2, 0) is 6.42 Å². The number of amides is 1. The second kappa shape index (κ2) is 6.02. The van der Waals surface area contributed by atoms with Crippen molar-refractivity contribution in [2.75, 3.05) is 5.32 Å². The highest BCUT2D eigenvalue weighted by molar-refractivity contribution is 7.22. The fraction of sp³-hybridized carbons (Fsp3) is 0.105. The molecule has 1 N–H and O–H groups in total. The zero-order chi connectivity index (χ0) is 16.5. The molecule has 4 aromatic rings. The maximum absolute atomic E-state index is 12.6. The van der Waals surface area contributed by atoms with Gasteiger partial charge in [0.05, 0.1) is 21.3 Å². The third-order valence-electron chi connectivity index (χ3n) is 3.96. The van der Waals surface area contributed by atoms with E-state index in [2.05, 4.69) is 34.3 Å². The van der Waals surface area contributed by atoms with Gasteiger partial charge < -0.3 is 0 Å².